The lowest BCUT2D eigenvalue weighted by Gasteiger charge is -2.14. The van der Waals surface area contributed by atoms with Gasteiger partial charge in [-0.3, -0.25) is 0 Å². The van der Waals surface area contributed by atoms with E-state index in [4.69, 9.17) is 16.7 Å². The number of hydrogen-bond donors (Lipinski definition) is 3. The highest BCUT2D eigenvalue weighted by atomic mass is 35.5. The van der Waals surface area contributed by atoms with Crippen molar-refractivity contribution in [1.82, 2.24) is 5.32 Å². The van der Waals surface area contributed by atoms with Gasteiger partial charge in [0.25, 0.3) is 0 Å². The zero-order valence-corrected chi connectivity index (χ0v) is 11.0. The van der Waals surface area contributed by atoms with Gasteiger partial charge < -0.3 is 15.7 Å². The number of carboxylic acids is 1. The van der Waals surface area contributed by atoms with E-state index in [1.807, 2.05) is 6.92 Å². The Kier molecular flexibility index (Phi) is 5.57. The molecule has 19 heavy (non-hydrogen) atoms. The molecule has 0 saturated heterocycles. The largest absolute Gasteiger partial charge is 0.480 e. The summed E-state index contributed by atoms with van der Waals surface area (Å²) in [5.41, 5.74) is 0.209. The summed E-state index contributed by atoms with van der Waals surface area (Å²) in [7, 11) is 0. The van der Waals surface area contributed by atoms with Crippen LogP contribution in [0, 0.1) is 5.82 Å². The molecule has 0 aliphatic rings. The van der Waals surface area contributed by atoms with Crippen LogP contribution >= 0.6 is 11.6 Å². The minimum Gasteiger partial charge on any atom is -0.480 e. The molecule has 1 atom stereocenters. The van der Waals surface area contributed by atoms with Crippen LogP contribution in [-0.4, -0.2) is 23.1 Å². The maximum atomic E-state index is 12.8. The molecule has 2 amide bonds. The second-order valence-corrected chi connectivity index (χ2v) is 4.31. The van der Waals surface area contributed by atoms with Gasteiger partial charge in [-0.1, -0.05) is 24.9 Å². The van der Waals surface area contributed by atoms with Gasteiger partial charge in [0, 0.05) is 0 Å². The molecule has 0 aliphatic heterocycles. The molecule has 0 saturated carbocycles. The fraction of sp³-hybridized carbons (Fsp3) is 0.333. The van der Waals surface area contributed by atoms with E-state index in [-0.39, 0.29) is 10.7 Å². The maximum Gasteiger partial charge on any atom is 0.326 e. The van der Waals surface area contributed by atoms with Crippen LogP contribution in [0.3, 0.4) is 0 Å². The molecular weight excluding hydrogens is 275 g/mol. The average molecular weight is 289 g/mol. The van der Waals surface area contributed by atoms with Crippen molar-refractivity contribution in [2.24, 2.45) is 0 Å². The molecule has 7 heteroatoms. The average Bonchev–Trinajstić information content (AvgIpc) is 2.32. The predicted octanol–water partition coefficient (Wildman–Crippen LogP) is 2.85. The lowest BCUT2D eigenvalue weighted by atomic mass is 10.2. The van der Waals surface area contributed by atoms with Gasteiger partial charge in [-0.2, -0.15) is 0 Å². The Balaban J connectivity index is 2.66. The Morgan fingerprint density at radius 2 is 2.16 bits per heavy atom. The summed E-state index contributed by atoms with van der Waals surface area (Å²) in [4.78, 5) is 22.5. The first-order valence-electron chi connectivity index (χ1n) is 5.69. The summed E-state index contributed by atoms with van der Waals surface area (Å²) >= 11 is 5.74. The summed E-state index contributed by atoms with van der Waals surface area (Å²) in [5.74, 6) is -1.63. The van der Waals surface area contributed by atoms with Crippen molar-refractivity contribution in [2.45, 2.75) is 25.8 Å². The van der Waals surface area contributed by atoms with Crippen molar-refractivity contribution in [1.29, 1.82) is 0 Å². The molecule has 0 aliphatic carbocycles. The standard InChI is InChI=1S/C12H14ClFN2O3/c1-2-3-10(11(17)18)16-12(19)15-9-5-4-7(14)6-8(9)13/h4-6,10H,2-3H2,1H3,(H,17,18)(H2,15,16,19)/t10-/m1/s1. The van der Waals surface area contributed by atoms with Crippen molar-refractivity contribution in [3.8, 4) is 0 Å². The fourth-order valence-corrected chi connectivity index (χ4v) is 1.67. The van der Waals surface area contributed by atoms with Crippen molar-refractivity contribution in [2.75, 3.05) is 5.32 Å². The molecule has 0 fully saturated rings. The van der Waals surface area contributed by atoms with E-state index in [0.717, 1.165) is 12.1 Å². The van der Waals surface area contributed by atoms with Crippen molar-refractivity contribution in [3.63, 3.8) is 0 Å². The lowest BCUT2D eigenvalue weighted by Crippen LogP contribution is -2.42. The van der Waals surface area contributed by atoms with Gasteiger partial charge in [-0.05, 0) is 24.6 Å². The zero-order chi connectivity index (χ0) is 14.4. The molecule has 0 radical (unpaired) electrons. The van der Waals surface area contributed by atoms with Gasteiger partial charge in [0.2, 0.25) is 0 Å². The van der Waals surface area contributed by atoms with E-state index >= 15 is 0 Å². The Bertz CT molecular complexity index is 482. The van der Waals surface area contributed by atoms with E-state index in [9.17, 15) is 14.0 Å². The normalized spacial score (nSPS) is 11.7. The third-order valence-corrected chi connectivity index (χ3v) is 2.67. The van der Waals surface area contributed by atoms with Gasteiger partial charge in [0.1, 0.15) is 11.9 Å². The number of nitrogens with one attached hydrogen (secondary N) is 2. The van der Waals surface area contributed by atoms with Crippen LogP contribution in [0.4, 0.5) is 14.9 Å². The topological polar surface area (TPSA) is 78.4 Å². The Morgan fingerprint density at radius 1 is 1.47 bits per heavy atom. The van der Waals surface area contributed by atoms with Crippen molar-refractivity contribution >= 4 is 29.3 Å². The van der Waals surface area contributed by atoms with Crippen LogP contribution in [0.1, 0.15) is 19.8 Å². The molecule has 0 bridgehead atoms. The number of amides is 2. The maximum absolute atomic E-state index is 12.8. The molecule has 0 aromatic heterocycles. The van der Waals surface area contributed by atoms with Crippen LogP contribution in [0.25, 0.3) is 0 Å². The summed E-state index contributed by atoms with van der Waals surface area (Å²) < 4.78 is 12.8. The number of rotatable bonds is 5. The van der Waals surface area contributed by atoms with Crippen LogP contribution < -0.4 is 10.6 Å². The highest BCUT2D eigenvalue weighted by molar-refractivity contribution is 6.33. The first-order chi connectivity index (χ1) is 8.93. The van der Waals surface area contributed by atoms with E-state index in [1.165, 1.54) is 6.07 Å². The molecule has 0 heterocycles. The minimum absolute atomic E-state index is 0.0394. The molecule has 5 nitrogen and oxygen atoms in total. The van der Waals surface area contributed by atoms with Gasteiger partial charge in [0.15, 0.2) is 0 Å². The number of urea groups is 1. The van der Waals surface area contributed by atoms with Gasteiger partial charge in [-0.15, -0.1) is 0 Å². The third kappa shape index (κ3) is 4.75. The zero-order valence-electron chi connectivity index (χ0n) is 10.2. The summed E-state index contributed by atoms with van der Waals surface area (Å²) in [5, 5.41) is 13.6. The van der Waals surface area contributed by atoms with E-state index in [2.05, 4.69) is 10.6 Å². The van der Waals surface area contributed by atoms with Crippen molar-refractivity contribution < 1.29 is 19.1 Å². The number of anilines is 1. The van der Waals surface area contributed by atoms with Crippen molar-refractivity contribution in [3.05, 3.63) is 29.0 Å². The van der Waals surface area contributed by atoms with E-state index in [0.29, 0.717) is 12.8 Å². The fourth-order valence-electron chi connectivity index (χ4n) is 1.45. The first kappa shape index (κ1) is 15.2. The van der Waals surface area contributed by atoms with Gasteiger partial charge in [-0.25, -0.2) is 14.0 Å². The van der Waals surface area contributed by atoms with Gasteiger partial charge in [0.05, 0.1) is 10.7 Å². The Hall–Kier alpha value is -1.82. The smallest absolute Gasteiger partial charge is 0.326 e. The molecule has 0 unspecified atom stereocenters. The van der Waals surface area contributed by atoms with E-state index < -0.39 is 23.9 Å². The molecule has 1 rings (SSSR count). The minimum atomic E-state index is -1.11. The Morgan fingerprint density at radius 3 is 2.68 bits per heavy atom. The highest BCUT2D eigenvalue weighted by Gasteiger charge is 2.19. The number of aliphatic carboxylic acids is 1. The summed E-state index contributed by atoms with van der Waals surface area (Å²) in [6.07, 6.45) is 0.939. The first-order valence-corrected chi connectivity index (χ1v) is 6.07. The second-order valence-electron chi connectivity index (χ2n) is 3.90. The number of halogens is 2. The number of carboxylic acid groups (broad SMARTS) is 1. The number of benzene rings is 1. The predicted molar refractivity (Wildman–Crippen MR) is 69.9 cm³/mol. The van der Waals surface area contributed by atoms with Crippen LogP contribution in [0.2, 0.25) is 5.02 Å². The highest BCUT2D eigenvalue weighted by Crippen LogP contribution is 2.22. The molecule has 104 valence electrons. The lowest BCUT2D eigenvalue weighted by molar-refractivity contribution is -0.139. The Labute approximate surface area is 114 Å². The van der Waals surface area contributed by atoms with E-state index in [1.54, 1.807) is 0 Å². The van der Waals surface area contributed by atoms with Crippen LogP contribution in [-0.2, 0) is 4.79 Å². The third-order valence-electron chi connectivity index (χ3n) is 2.36. The monoisotopic (exact) mass is 288 g/mol. The van der Waals surface area contributed by atoms with Crippen LogP contribution in [0.15, 0.2) is 18.2 Å². The second kappa shape index (κ2) is 6.94. The van der Waals surface area contributed by atoms with Gasteiger partial charge >= 0.3 is 12.0 Å². The molecule has 0 spiro atoms. The molecule has 1 aromatic carbocycles. The number of hydrogen-bond acceptors (Lipinski definition) is 2. The number of carbonyl (C=O) groups is 2. The summed E-state index contributed by atoms with van der Waals surface area (Å²) in [6, 6.07) is 1.83. The summed E-state index contributed by atoms with van der Waals surface area (Å²) in [6.45, 7) is 1.81. The molecular formula is C12H14ClFN2O3. The molecule has 3 N–H and O–H groups in total. The molecule has 1 aromatic rings. The number of carbonyl (C=O) groups excluding carboxylic acids is 1. The quantitative estimate of drug-likeness (QED) is 0.779. The SMILES string of the molecule is CCC[C@@H](NC(=O)Nc1ccc(F)cc1Cl)C(=O)O. The van der Waals surface area contributed by atoms with Crippen LogP contribution in [0.5, 0.6) is 0 Å².